The molecule has 2 heterocycles. The number of hydrogen-bond donors (Lipinski definition) is 0. The predicted octanol–water partition coefficient (Wildman–Crippen LogP) is 3.35. The summed E-state index contributed by atoms with van der Waals surface area (Å²) >= 11 is 0. The first kappa shape index (κ1) is 16.8. The van der Waals surface area contributed by atoms with Crippen molar-refractivity contribution >= 4 is 11.6 Å². The second kappa shape index (κ2) is 6.61. The van der Waals surface area contributed by atoms with E-state index in [2.05, 4.69) is 4.90 Å². The molecule has 2 unspecified atom stereocenters. The van der Waals surface area contributed by atoms with E-state index in [1.807, 2.05) is 18.2 Å². The molecule has 136 valence electrons. The Labute approximate surface area is 151 Å². The minimum atomic E-state index is -0.316. The van der Waals surface area contributed by atoms with Gasteiger partial charge in [0.05, 0.1) is 20.3 Å². The summed E-state index contributed by atoms with van der Waals surface area (Å²) in [5.74, 6) is 1.02. The quantitative estimate of drug-likeness (QED) is 0.843. The van der Waals surface area contributed by atoms with Crippen molar-refractivity contribution in [3.8, 4) is 11.5 Å². The fraction of sp³-hybridized carbons (Fsp3) is 0.350. The van der Waals surface area contributed by atoms with Crippen molar-refractivity contribution in [3.63, 3.8) is 0 Å². The number of methoxy groups -OCH3 is 2. The van der Waals surface area contributed by atoms with Gasteiger partial charge in [0.25, 0.3) is 0 Å². The zero-order valence-corrected chi connectivity index (χ0v) is 14.8. The highest BCUT2D eigenvalue weighted by Crippen LogP contribution is 2.44. The molecular formula is C20H21FN2O3. The third-order valence-corrected chi connectivity index (χ3v) is 5.19. The van der Waals surface area contributed by atoms with Gasteiger partial charge in [0.15, 0.2) is 11.5 Å². The molecule has 0 N–H and O–H groups in total. The van der Waals surface area contributed by atoms with Gasteiger partial charge in [0, 0.05) is 12.2 Å². The summed E-state index contributed by atoms with van der Waals surface area (Å²) < 4.78 is 24.1. The number of fused-ring (bicyclic) bond motifs is 1. The number of carbonyl (C=O) groups excluding carboxylic acids is 1. The number of nitrogens with zero attached hydrogens (tertiary/aromatic N) is 2. The molecule has 1 amide bonds. The number of halogens is 1. The van der Waals surface area contributed by atoms with Crippen LogP contribution in [0.3, 0.4) is 0 Å². The highest BCUT2D eigenvalue weighted by molar-refractivity contribution is 6.00. The standard InChI is InChI=1S/C20H21FN2O3/c1-25-17-10-5-13(12-18(17)26-2)19-22-11-3-4-16(22)20(24)23(19)15-8-6-14(21)7-9-15/h5-10,12,16,19H,3-4,11H2,1-2H3. The van der Waals surface area contributed by atoms with Crippen LogP contribution >= 0.6 is 0 Å². The summed E-state index contributed by atoms with van der Waals surface area (Å²) in [6.45, 7) is 0.854. The normalized spacial score (nSPS) is 22.6. The van der Waals surface area contributed by atoms with Gasteiger partial charge < -0.3 is 9.47 Å². The molecule has 6 heteroatoms. The van der Waals surface area contributed by atoms with Crippen molar-refractivity contribution in [2.75, 3.05) is 25.7 Å². The summed E-state index contributed by atoms with van der Waals surface area (Å²) in [6, 6.07) is 11.7. The maximum absolute atomic E-state index is 13.4. The van der Waals surface area contributed by atoms with Crippen LogP contribution in [0.1, 0.15) is 24.6 Å². The topological polar surface area (TPSA) is 42.0 Å². The monoisotopic (exact) mass is 356 g/mol. The molecule has 2 fully saturated rings. The summed E-state index contributed by atoms with van der Waals surface area (Å²) in [5.41, 5.74) is 1.65. The molecule has 0 saturated carbocycles. The highest BCUT2D eigenvalue weighted by Gasteiger charge is 2.49. The van der Waals surface area contributed by atoms with Crippen LogP contribution < -0.4 is 14.4 Å². The van der Waals surface area contributed by atoms with Gasteiger partial charge in [-0.25, -0.2) is 4.39 Å². The van der Waals surface area contributed by atoms with Crippen LogP contribution in [0.15, 0.2) is 42.5 Å². The molecule has 0 radical (unpaired) electrons. The Morgan fingerprint density at radius 1 is 1.04 bits per heavy atom. The van der Waals surface area contributed by atoms with Crippen LogP contribution in [0, 0.1) is 5.82 Å². The number of carbonyl (C=O) groups is 1. The van der Waals surface area contributed by atoms with E-state index in [1.165, 1.54) is 12.1 Å². The maximum Gasteiger partial charge on any atom is 0.246 e. The Kier molecular flexibility index (Phi) is 4.28. The lowest BCUT2D eigenvalue weighted by molar-refractivity contribution is -0.119. The van der Waals surface area contributed by atoms with Gasteiger partial charge in [-0.3, -0.25) is 14.6 Å². The third kappa shape index (κ3) is 2.61. The van der Waals surface area contributed by atoms with E-state index in [4.69, 9.17) is 9.47 Å². The van der Waals surface area contributed by atoms with Crippen LogP contribution in [0.2, 0.25) is 0 Å². The van der Waals surface area contributed by atoms with Crippen molar-refractivity contribution in [2.45, 2.75) is 25.0 Å². The minimum absolute atomic E-state index is 0.0638. The molecule has 26 heavy (non-hydrogen) atoms. The average Bonchev–Trinajstić information content (AvgIpc) is 3.24. The van der Waals surface area contributed by atoms with Crippen molar-refractivity contribution in [2.24, 2.45) is 0 Å². The van der Waals surface area contributed by atoms with Gasteiger partial charge >= 0.3 is 0 Å². The SMILES string of the molecule is COc1ccc(C2N(c3ccc(F)cc3)C(=O)C3CCCN32)cc1OC. The van der Waals surface area contributed by atoms with Crippen molar-refractivity contribution < 1.29 is 18.7 Å². The number of ether oxygens (including phenoxy) is 2. The van der Waals surface area contributed by atoms with Gasteiger partial charge in [0.2, 0.25) is 5.91 Å². The lowest BCUT2D eigenvalue weighted by Gasteiger charge is -2.30. The van der Waals surface area contributed by atoms with Crippen LogP contribution in [-0.4, -0.2) is 37.6 Å². The van der Waals surface area contributed by atoms with E-state index in [0.29, 0.717) is 17.2 Å². The lowest BCUT2D eigenvalue weighted by atomic mass is 10.1. The van der Waals surface area contributed by atoms with E-state index in [-0.39, 0.29) is 23.9 Å². The number of rotatable bonds is 4. The Bertz CT molecular complexity index is 824. The molecule has 2 atom stereocenters. The largest absolute Gasteiger partial charge is 0.493 e. The van der Waals surface area contributed by atoms with Gasteiger partial charge in [-0.1, -0.05) is 6.07 Å². The predicted molar refractivity (Wildman–Crippen MR) is 95.9 cm³/mol. The highest BCUT2D eigenvalue weighted by atomic mass is 19.1. The molecule has 0 aromatic heterocycles. The number of hydrogen-bond acceptors (Lipinski definition) is 4. The first-order valence-electron chi connectivity index (χ1n) is 8.70. The number of benzene rings is 2. The average molecular weight is 356 g/mol. The zero-order valence-electron chi connectivity index (χ0n) is 14.8. The van der Waals surface area contributed by atoms with E-state index in [0.717, 1.165) is 24.9 Å². The fourth-order valence-corrected chi connectivity index (χ4v) is 4.00. The summed E-state index contributed by atoms with van der Waals surface area (Å²) in [6.07, 6.45) is 1.61. The maximum atomic E-state index is 13.4. The third-order valence-electron chi connectivity index (χ3n) is 5.19. The molecule has 2 aromatic carbocycles. The Balaban J connectivity index is 1.80. The van der Waals surface area contributed by atoms with E-state index >= 15 is 0 Å². The molecule has 2 aromatic rings. The van der Waals surface area contributed by atoms with Crippen molar-refractivity contribution in [1.82, 2.24) is 4.90 Å². The van der Waals surface area contributed by atoms with Crippen LogP contribution in [-0.2, 0) is 4.79 Å². The lowest BCUT2D eigenvalue weighted by Crippen LogP contribution is -2.32. The van der Waals surface area contributed by atoms with Crippen molar-refractivity contribution in [1.29, 1.82) is 0 Å². The van der Waals surface area contributed by atoms with E-state index < -0.39 is 0 Å². The van der Waals surface area contributed by atoms with Crippen molar-refractivity contribution in [3.05, 3.63) is 53.8 Å². The van der Waals surface area contributed by atoms with Gasteiger partial charge in [0.1, 0.15) is 12.0 Å². The van der Waals surface area contributed by atoms with Crippen LogP contribution in [0.5, 0.6) is 11.5 Å². The molecule has 0 aliphatic carbocycles. The van der Waals surface area contributed by atoms with Crippen LogP contribution in [0.25, 0.3) is 0 Å². The number of amides is 1. The molecule has 5 nitrogen and oxygen atoms in total. The Hall–Kier alpha value is -2.60. The van der Waals surface area contributed by atoms with Crippen LogP contribution in [0.4, 0.5) is 10.1 Å². The molecular weight excluding hydrogens is 335 g/mol. The van der Waals surface area contributed by atoms with Gasteiger partial charge in [-0.15, -0.1) is 0 Å². The van der Waals surface area contributed by atoms with E-state index in [9.17, 15) is 9.18 Å². The molecule has 4 rings (SSSR count). The van der Waals surface area contributed by atoms with E-state index in [1.54, 1.807) is 31.3 Å². The fourth-order valence-electron chi connectivity index (χ4n) is 4.00. The minimum Gasteiger partial charge on any atom is -0.493 e. The Morgan fingerprint density at radius 2 is 1.77 bits per heavy atom. The molecule has 0 spiro atoms. The second-order valence-electron chi connectivity index (χ2n) is 6.57. The molecule has 0 bridgehead atoms. The molecule has 2 saturated heterocycles. The summed E-state index contributed by atoms with van der Waals surface area (Å²) in [5, 5.41) is 0. The first-order chi connectivity index (χ1) is 12.6. The smallest absolute Gasteiger partial charge is 0.246 e. The zero-order chi connectivity index (χ0) is 18.3. The first-order valence-corrected chi connectivity index (χ1v) is 8.70. The molecule has 2 aliphatic rings. The molecule has 2 aliphatic heterocycles. The summed E-state index contributed by atoms with van der Waals surface area (Å²) in [7, 11) is 3.19. The Morgan fingerprint density at radius 3 is 2.46 bits per heavy atom. The van der Waals surface area contributed by atoms with Gasteiger partial charge in [-0.05, 0) is 54.8 Å². The van der Waals surface area contributed by atoms with Gasteiger partial charge in [-0.2, -0.15) is 0 Å². The summed E-state index contributed by atoms with van der Waals surface area (Å²) in [4.78, 5) is 17.1. The second-order valence-corrected chi connectivity index (χ2v) is 6.57. The number of anilines is 1.